The Bertz CT molecular complexity index is 991. The molecular formula is C22H16Cl2Zr2. The second-order valence-corrected chi connectivity index (χ2v) is 13.3. The van der Waals surface area contributed by atoms with E-state index in [-0.39, 0.29) is 6.25 Å². The van der Waals surface area contributed by atoms with E-state index in [0.29, 0.717) is 6.42 Å². The van der Waals surface area contributed by atoms with Crippen molar-refractivity contribution in [3.8, 4) is 0 Å². The number of hydrogen-bond donors (Lipinski definition) is 0. The predicted octanol–water partition coefficient (Wildman–Crippen LogP) is 6.02. The molecule has 1 saturated carbocycles. The van der Waals surface area contributed by atoms with Crippen molar-refractivity contribution >= 4 is 35.4 Å². The van der Waals surface area contributed by atoms with Crippen molar-refractivity contribution in [1.82, 2.24) is 0 Å². The molecule has 0 saturated heterocycles. The van der Waals surface area contributed by atoms with Crippen LogP contribution in [0.5, 0.6) is 0 Å². The number of halogens is 2. The predicted molar refractivity (Wildman–Crippen MR) is 100 cm³/mol. The molecule has 0 nitrogen and oxygen atoms in total. The molecule has 0 N–H and O–H groups in total. The zero-order valence-electron chi connectivity index (χ0n) is 14.2. The summed E-state index contributed by atoms with van der Waals surface area (Å²) in [7, 11) is 0. The number of fused-ring (bicyclic) bond motifs is 6. The molecule has 0 radical (unpaired) electrons. The fourth-order valence-corrected chi connectivity index (χ4v) is 8.76. The van der Waals surface area contributed by atoms with Crippen molar-refractivity contribution in [2.75, 3.05) is 0 Å². The Morgan fingerprint density at radius 3 is 1.96 bits per heavy atom. The third-order valence-electron chi connectivity index (χ3n) is 6.16. The van der Waals surface area contributed by atoms with Crippen molar-refractivity contribution < 1.29 is 49.4 Å². The number of benzene rings is 2. The van der Waals surface area contributed by atoms with Crippen molar-refractivity contribution in [1.29, 1.82) is 0 Å². The van der Waals surface area contributed by atoms with Crippen LogP contribution in [0.3, 0.4) is 0 Å². The third kappa shape index (κ3) is 2.52. The molecule has 26 heavy (non-hydrogen) atoms. The van der Waals surface area contributed by atoms with Gasteiger partial charge in [0.25, 0.3) is 0 Å². The van der Waals surface area contributed by atoms with Crippen LogP contribution in [0.4, 0.5) is 0 Å². The third-order valence-corrected chi connectivity index (χ3v) is 10.8. The summed E-state index contributed by atoms with van der Waals surface area (Å²) in [5.74, 6) is 0. The number of alkyl halides is 2. The van der Waals surface area contributed by atoms with Gasteiger partial charge in [0.15, 0.2) is 0 Å². The molecule has 0 aliphatic heterocycles. The summed E-state index contributed by atoms with van der Waals surface area (Å²) < 4.78 is -0.733. The Morgan fingerprint density at radius 2 is 1.27 bits per heavy atom. The quantitative estimate of drug-likeness (QED) is 0.363. The molecule has 2 unspecified atom stereocenters. The van der Waals surface area contributed by atoms with Gasteiger partial charge in [-0.05, 0) is 0 Å². The van der Waals surface area contributed by atoms with Gasteiger partial charge in [-0.3, -0.25) is 0 Å². The van der Waals surface area contributed by atoms with Gasteiger partial charge in [0.2, 0.25) is 0 Å². The van der Waals surface area contributed by atoms with Crippen LogP contribution in [-0.4, -0.2) is 4.33 Å². The SMILES string of the molecule is ClC1(Cl)CC2=Cc3ccccc3[C]2([Zr])CC[C]2([Zr])C1=Cc1ccccc12. The second-order valence-electron chi connectivity index (χ2n) is 7.59. The summed E-state index contributed by atoms with van der Waals surface area (Å²) in [4.78, 5) is 0. The van der Waals surface area contributed by atoms with E-state index in [4.69, 9.17) is 23.2 Å². The molecule has 1 fully saturated rings. The van der Waals surface area contributed by atoms with Crippen LogP contribution in [0, 0.1) is 0 Å². The molecule has 2 atom stereocenters. The van der Waals surface area contributed by atoms with Crippen LogP contribution in [0.1, 0.15) is 41.5 Å². The maximum atomic E-state index is 7.08. The van der Waals surface area contributed by atoms with Crippen LogP contribution in [-0.2, 0) is 55.7 Å². The summed E-state index contributed by atoms with van der Waals surface area (Å²) in [6.45, 7) is 0. The van der Waals surface area contributed by atoms with Gasteiger partial charge in [0.1, 0.15) is 0 Å². The second kappa shape index (κ2) is 6.13. The number of allylic oxidation sites excluding steroid dienone is 2. The molecule has 0 amide bonds. The summed E-state index contributed by atoms with van der Waals surface area (Å²) in [5.41, 5.74) is 8.15. The minimum atomic E-state index is -0.849. The van der Waals surface area contributed by atoms with Gasteiger partial charge in [0, 0.05) is 0 Å². The molecule has 3 aliphatic rings. The molecule has 0 spiro atoms. The Morgan fingerprint density at radius 1 is 0.731 bits per heavy atom. The van der Waals surface area contributed by atoms with Gasteiger partial charge in [-0.25, -0.2) is 0 Å². The average Bonchev–Trinajstić information content (AvgIpc) is 3.07. The first kappa shape index (κ1) is 18.3. The Labute approximate surface area is 194 Å². The zero-order valence-corrected chi connectivity index (χ0v) is 20.6. The van der Waals surface area contributed by atoms with E-state index in [0.717, 1.165) is 12.8 Å². The molecule has 2 aromatic rings. The summed E-state index contributed by atoms with van der Waals surface area (Å²) in [5, 5.41) is 0. The average molecular weight is 534 g/mol. The molecule has 4 heteroatoms. The van der Waals surface area contributed by atoms with Crippen LogP contribution in [0.2, 0.25) is 0 Å². The van der Waals surface area contributed by atoms with E-state index in [2.05, 4.69) is 60.7 Å². The van der Waals surface area contributed by atoms with Gasteiger partial charge >= 0.3 is 197 Å². The van der Waals surface area contributed by atoms with E-state index in [1.54, 1.807) is 24.7 Å². The van der Waals surface area contributed by atoms with E-state index in [9.17, 15) is 0 Å². The fraction of sp³-hybridized carbons (Fsp3) is 0.273. The van der Waals surface area contributed by atoms with Gasteiger partial charge in [-0.2, -0.15) is 0 Å². The van der Waals surface area contributed by atoms with Gasteiger partial charge in [-0.15, -0.1) is 0 Å². The van der Waals surface area contributed by atoms with Crippen molar-refractivity contribution in [3.63, 3.8) is 0 Å². The molecule has 0 aromatic heterocycles. The molecule has 5 rings (SSSR count). The summed E-state index contributed by atoms with van der Waals surface area (Å²) >= 11 is 17.2. The first-order valence-electron chi connectivity index (χ1n) is 8.85. The summed E-state index contributed by atoms with van der Waals surface area (Å²) in [6, 6.07) is 17.5. The number of hydrogen-bond acceptors (Lipinski definition) is 0. The number of rotatable bonds is 0. The Balaban J connectivity index is 1.68. The van der Waals surface area contributed by atoms with Crippen molar-refractivity contribution in [3.05, 3.63) is 81.9 Å². The van der Waals surface area contributed by atoms with E-state index in [1.165, 1.54) is 58.1 Å². The van der Waals surface area contributed by atoms with Gasteiger partial charge in [0.05, 0.1) is 0 Å². The maximum absolute atomic E-state index is 7.08. The van der Waals surface area contributed by atoms with Crippen molar-refractivity contribution in [2.24, 2.45) is 0 Å². The van der Waals surface area contributed by atoms with E-state index < -0.39 is 4.33 Å². The first-order valence-corrected chi connectivity index (χ1v) is 12.1. The van der Waals surface area contributed by atoms with Crippen LogP contribution in [0.15, 0.2) is 59.7 Å². The standard InChI is InChI=1S/C22H16Cl2.2Zr/c23-22(24)13-16-11-14-5-1-3-7-17(14)19(16)9-10-20-18-8-4-2-6-15(18)12-21(20)22;;/h1-8,11-12H,9-10,13H2;;. The Hall–Kier alpha value is 0.266. The monoisotopic (exact) mass is 530 g/mol. The first-order chi connectivity index (χ1) is 12.3. The molecule has 2 aromatic carbocycles. The normalized spacial score (nSPS) is 30.8. The molecule has 0 bridgehead atoms. The van der Waals surface area contributed by atoms with Gasteiger partial charge < -0.3 is 0 Å². The molecule has 126 valence electrons. The minimum absolute atomic E-state index is 0.000593. The van der Waals surface area contributed by atoms with Crippen molar-refractivity contribution in [2.45, 2.75) is 29.8 Å². The molecule has 0 heterocycles. The molecular weight excluding hydrogens is 518 g/mol. The van der Waals surface area contributed by atoms with Crippen LogP contribution < -0.4 is 0 Å². The summed E-state index contributed by atoms with van der Waals surface area (Å²) in [6.07, 6.45) is 7.60. The van der Waals surface area contributed by atoms with Gasteiger partial charge in [-0.1, -0.05) is 0 Å². The van der Waals surface area contributed by atoms with E-state index in [1.807, 2.05) is 0 Å². The topological polar surface area (TPSA) is 0 Å². The van der Waals surface area contributed by atoms with E-state index >= 15 is 0 Å². The van der Waals surface area contributed by atoms with Crippen LogP contribution >= 0.6 is 23.2 Å². The molecule has 3 aliphatic carbocycles. The Kier molecular flexibility index (Phi) is 4.32. The fourth-order valence-electron chi connectivity index (χ4n) is 4.82. The van der Waals surface area contributed by atoms with Crippen LogP contribution in [0.25, 0.3) is 12.2 Å². The zero-order chi connectivity index (χ0) is 18.2.